The van der Waals surface area contributed by atoms with Crippen molar-refractivity contribution in [2.24, 2.45) is 58.2 Å². The van der Waals surface area contributed by atoms with Crippen LogP contribution >= 0.6 is 0 Å². The van der Waals surface area contributed by atoms with Gasteiger partial charge in [0.1, 0.15) is 5.78 Å². The number of ketones is 1. The van der Waals surface area contributed by atoms with Crippen molar-refractivity contribution in [1.82, 2.24) is 0 Å². The van der Waals surface area contributed by atoms with Gasteiger partial charge in [-0.25, -0.2) is 0 Å². The molecule has 6 rings (SSSR count). The van der Waals surface area contributed by atoms with Gasteiger partial charge in [-0.2, -0.15) is 0 Å². The first kappa shape index (κ1) is 21.1. The molecule has 2 heterocycles. The molecule has 0 radical (unpaired) electrons. The van der Waals surface area contributed by atoms with Crippen LogP contribution in [0.25, 0.3) is 0 Å². The van der Waals surface area contributed by atoms with Crippen molar-refractivity contribution in [3.05, 3.63) is 0 Å². The van der Waals surface area contributed by atoms with Crippen molar-refractivity contribution in [2.45, 2.75) is 104 Å². The molecule has 31 heavy (non-hydrogen) atoms. The van der Waals surface area contributed by atoms with Crippen molar-refractivity contribution < 1.29 is 14.3 Å². The van der Waals surface area contributed by atoms with Crippen LogP contribution in [0.2, 0.25) is 0 Å². The first-order valence-electron chi connectivity index (χ1n) is 13.5. The van der Waals surface area contributed by atoms with Gasteiger partial charge in [0, 0.05) is 30.1 Å². The number of Topliss-reactive ketones (excluding diaryl/α,β-unsaturated/α-hetero) is 1. The van der Waals surface area contributed by atoms with Gasteiger partial charge in [0.2, 0.25) is 0 Å². The van der Waals surface area contributed by atoms with Gasteiger partial charge in [0.15, 0.2) is 5.79 Å². The quantitative estimate of drug-likeness (QED) is 0.457. The van der Waals surface area contributed by atoms with Crippen molar-refractivity contribution in [3.63, 3.8) is 0 Å². The highest BCUT2D eigenvalue weighted by Gasteiger charge is 2.71. The van der Waals surface area contributed by atoms with E-state index in [1.165, 1.54) is 38.5 Å². The number of hydrogen-bond donors (Lipinski definition) is 0. The molecular weight excluding hydrogens is 384 g/mol. The van der Waals surface area contributed by atoms with Crippen LogP contribution in [0.15, 0.2) is 0 Å². The zero-order valence-electron chi connectivity index (χ0n) is 20.5. The minimum absolute atomic E-state index is 0.202. The topological polar surface area (TPSA) is 35.5 Å². The smallest absolute Gasteiger partial charge is 0.171 e. The van der Waals surface area contributed by atoms with Crippen LogP contribution in [0.4, 0.5) is 0 Å². The molecule has 6 fully saturated rings. The van der Waals surface area contributed by atoms with E-state index in [9.17, 15) is 4.79 Å². The number of rotatable bonds is 0. The molecule has 0 N–H and O–H groups in total. The number of hydrogen-bond acceptors (Lipinski definition) is 3. The van der Waals surface area contributed by atoms with Crippen LogP contribution in [-0.4, -0.2) is 24.3 Å². The summed E-state index contributed by atoms with van der Waals surface area (Å²) >= 11 is 0. The molecule has 1 spiro atoms. The molecule has 4 saturated carbocycles. The number of fused-ring (bicyclic) bond motifs is 7. The molecule has 0 aromatic heterocycles. The SMILES string of the molecule is CC1CC[C@@]2(OC1)O[C@H]1C[C@H]3[C@@H]4CC[C@H]5C[C@@H](C)CC[C@]5(C)[C@H]4CC(=O)[C@]3(C)[C@H]1[C@@H]2C. The van der Waals surface area contributed by atoms with Crippen molar-refractivity contribution in [2.75, 3.05) is 6.61 Å². The number of ether oxygens (including phenoxy) is 2. The standard InChI is InChI=1S/C28H44O3/c1-16-8-10-26(4)19(12-16)6-7-20-21(26)14-24(29)27(5)22(20)13-23-25(27)18(3)28(31-23)11-9-17(2)15-30-28/h16-23,25H,6-15H2,1-5H3/t16-,17?,18-,19-,20+,21-,22-,23-,25-,26-,27+,28+/m0/s1. The van der Waals surface area contributed by atoms with E-state index in [0.29, 0.717) is 40.8 Å². The van der Waals surface area contributed by atoms with E-state index in [4.69, 9.17) is 9.47 Å². The average Bonchev–Trinajstić information content (AvgIpc) is 3.18. The average molecular weight is 429 g/mol. The molecule has 1 unspecified atom stereocenters. The fourth-order valence-corrected chi connectivity index (χ4v) is 10.2. The Balaban J connectivity index is 1.30. The lowest BCUT2D eigenvalue weighted by Crippen LogP contribution is -2.58. The summed E-state index contributed by atoms with van der Waals surface area (Å²) in [6.45, 7) is 12.8. The predicted molar refractivity (Wildman–Crippen MR) is 121 cm³/mol. The minimum atomic E-state index is -0.421. The Morgan fingerprint density at radius 3 is 2.42 bits per heavy atom. The Kier molecular flexibility index (Phi) is 4.65. The highest BCUT2D eigenvalue weighted by atomic mass is 16.7. The van der Waals surface area contributed by atoms with E-state index in [0.717, 1.165) is 43.6 Å². The molecule has 0 aromatic carbocycles. The maximum Gasteiger partial charge on any atom is 0.171 e. The van der Waals surface area contributed by atoms with E-state index in [-0.39, 0.29) is 11.5 Å². The summed E-state index contributed by atoms with van der Waals surface area (Å²) < 4.78 is 13.2. The third-order valence-corrected chi connectivity index (χ3v) is 12.1. The summed E-state index contributed by atoms with van der Waals surface area (Å²) in [6.07, 6.45) is 11.1. The Hall–Kier alpha value is -0.410. The van der Waals surface area contributed by atoms with Crippen LogP contribution in [0.5, 0.6) is 0 Å². The maximum absolute atomic E-state index is 14.0. The summed E-state index contributed by atoms with van der Waals surface area (Å²) in [4.78, 5) is 14.0. The Morgan fingerprint density at radius 1 is 0.903 bits per heavy atom. The van der Waals surface area contributed by atoms with Gasteiger partial charge in [-0.3, -0.25) is 4.79 Å². The van der Waals surface area contributed by atoms with E-state index in [2.05, 4.69) is 34.6 Å². The van der Waals surface area contributed by atoms with Crippen LogP contribution in [0.3, 0.4) is 0 Å². The second-order valence-corrected chi connectivity index (χ2v) is 13.4. The summed E-state index contributed by atoms with van der Waals surface area (Å²) in [6, 6.07) is 0. The van der Waals surface area contributed by atoms with Crippen molar-refractivity contribution in [3.8, 4) is 0 Å². The summed E-state index contributed by atoms with van der Waals surface area (Å²) in [7, 11) is 0. The van der Waals surface area contributed by atoms with Crippen molar-refractivity contribution >= 4 is 5.78 Å². The fourth-order valence-electron chi connectivity index (χ4n) is 10.2. The molecule has 4 aliphatic carbocycles. The first-order chi connectivity index (χ1) is 14.7. The molecule has 6 aliphatic rings. The normalized spacial score (nSPS) is 60.9. The molecule has 0 aromatic rings. The maximum atomic E-state index is 14.0. The predicted octanol–water partition coefficient (Wildman–Crippen LogP) is 6.25. The largest absolute Gasteiger partial charge is 0.349 e. The molecule has 174 valence electrons. The molecule has 0 bridgehead atoms. The van der Waals surface area contributed by atoms with E-state index < -0.39 is 5.79 Å². The highest BCUT2D eigenvalue weighted by molar-refractivity contribution is 5.87. The van der Waals surface area contributed by atoms with Gasteiger partial charge in [-0.1, -0.05) is 41.0 Å². The van der Waals surface area contributed by atoms with Crippen molar-refractivity contribution in [1.29, 1.82) is 0 Å². The molecule has 3 heteroatoms. The second-order valence-electron chi connectivity index (χ2n) is 13.4. The van der Waals surface area contributed by atoms with Crippen LogP contribution in [0, 0.1) is 58.2 Å². The Morgan fingerprint density at radius 2 is 1.68 bits per heavy atom. The van der Waals surface area contributed by atoms with Gasteiger partial charge in [0.25, 0.3) is 0 Å². The summed E-state index contributed by atoms with van der Waals surface area (Å²) in [5.41, 5.74) is 0.187. The molecule has 2 saturated heterocycles. The number of carbonyl (C=O) groups is 1. The Labute approximate surface area is 189 Å². The summed E-state index contributed by atoms with van der Waals surface area (Å²) in [5.74, 6) is 5.00. The fraction of sp³-hybridized carbons (Fsp3) is 0.964. The molecule has 3 nitrogen and oxygen atoms in total. The lowest BCUT2D eigenvalue weighted by atomic mass is 9.43. The highest BCUT2D eigenvalue weighted by Crippen LogP contribution is 2.70. The lowest BCUT2D eigenvalue weighted by Gasteiger charge is -2.60. The van der Waals surface area contributed by atoms with Crippen LogP contribution in [-0.2, 0) is 14.3 Å². The zero-order chi connectivity index (χ0) is 21.8. The Bertz CT molecular complexity index is 753. The molecule has 0 amide bonds. The van der Waals surface area contributed by atoms with Gasteiger partial charge in [-0.15, -0.1) is 0 Å². The van der Waals surface area contributed by atoms with E-state index >= 15 is 0 Å². The van der Waals surface area contributed by atoms with E-state index in [1.807, 2.05) is 0 Å². The van der Waals surface area contributed by atoms with Gasteiger partial charge in [0.05, 0.1) is 12.7 Å². The second kappa shape index (κ2) is 6.81. The number of carbonyl (C=O) groups excluding carboxylic acids is 1. The molecular formula is C28H44O3. The first-order valence-corrected chi connectivity index (χ1v) is 13.5. The van der Waals surface area contributed by atoms with Crippen LogP contribution in [0.1, 0.15) is 92.4 Å². The van der Waals surface area contributed by atoms with Gasteiger partial charge >= 0.3 is 0 Å². The third kappa shape index (κ3) is 2.69. The lowest BCUT2D eigenvalue weighted by molar-refractivity contribution is -0.272. The molecule has 12 atom stereocenters. The van der Waals surface area contributed by atoms with E-state index in [1.54, 1.807) is 0 Å². The van der Waals surface area contributed by atoms with Crippen LogP contribution < -0.4 is 0 Å². The van der Waals surface area contributed by atoms with Gasteiger partial charge < -0.3 is 9.47 Å². The summed E-state index contributed by atoms with van der Waals surface area (Å²) in [5, 5.41) is 0. The zero-order valence-corrected chi connectivity index (χ0v) is 20.5. The minimum Gasteiger partial charge on any atom is -0.349 e. The van der Waals surface area contributed by atoms with Gasteiger partial charge in [-0.05, 0) is 79.4 Å². The monoisotopic (exact) mass is 428 g/mol. The third-order valence-electron chi connectivity index (χ3n) is 12.1. The molecule has 2 aliphatic heterocycles.